The molecule has 3 N–H and O–H groups in total. The number of hydrogen-bond donors (Lipinski definition) is 2. The lowest BCUT2D eigenvalue weighted by Crippen LogP contribution is -2.47. The molecule has 0 aromatic heterocycles. The SMILES string of the molecule is CC(C)(SCN1C(=O)c2ccccc2C1=O)[C@@H](N)C(=O)O. The number of carbonyl (C=O) groups is 3. The van der Waals surface area contributed by atoms with Crippen LogP contribution in [-0.2, 0) is 4.79 Å². The summed E-state index contributed by atoms with van der Waals surface area (Å²) in [6.45, 7) is 3.35. The zero-order valence-electron chi connectivity index (χ0n) is 11.7. The summed E-state index contributed by atoms with van der Waals surface area (Å²) >= 11 is 1.17. The van der Waals surface area contributed by atoms with Crippen molar-refractivity contribution in [3.63, 3.8) is 0 Å². The number of hydrogen-bond acceptors (Lipinski definition) is 5. The van der Waals surface area contributed by atoms with Gasteiger partial charge in [0.1, 0.15) is 6.04 Å². The molecule has 0 bridgehead atoms. The Balaban J connectivity index is 2.11. The number of fused-ring (bicyclic) bond motifs is 1. The van der Waals surface area contributed by atoms with Gasteiger partial charge in [0.2, 0.25) is 0 Å². The van der Waals surface area contributed by atoms with Crippen LogP contribution < -0.4 is 5.73 Å². The predicted molar refractivity (Wildman–Crippen MR) is 79.1 cm³/mol. The van der Waals surface area contributed by atoms with Gasteiger partial charge in [0.25, 0.3) is 11.8 Å². The number of aliphatic carboxylic acids is 1. The Morgan fingerprint density at radius 2 is 1.76 bits per heavy atom. The Morgan fingerprint density at radius 3 is 2.19 bits per heavy atom. The molecule has 1 aromatic rings. The second-order valence-corrected chi connectivity index (χ2v) is 6.88. The zero-order valence-corrected chi connectivity index (χ0v) is 12.5. The van der Waals surface area contributed by atoms with Crippen LogP contribution in [0.3, 0.4) is 0 Å². The van der Waals surface area contributed by atoms with Crippen molar-refractivity contribution >= 4 is 29.5 Å². The number of nitrogens with zero attached hydrogens (tertiary/aromatic N) is 1. The van der Waals surface area contributed by atoms with Gasteiger partial charge in [0.05, 0.1) is 17.0 Å². The van der Waals surface area contributed by atoms with E-state index in [0.29, 0.717) is 11.1 Å². The van der Waals surface area contributed by atoms with E-state index in [0.717, 1.165) is 4.90 Å². The van der Waals surface area contributed by atoms with Crippen LogP contribution in [0.5, 0.6) is 0 Å². The smallest absolute Gasteiger partial charge is 0.321 e. The maximum absolute atomic E-state index is 12.2. The molecule has 1 heterocycles. The molecule has 1 atom stereocenters. The van der Waals surface area contributed by atoms with Crippen molar-refractivity contribution < 1.29 is 19.5 Å². The topological polar surface area (TPSA) is 101 Å². The van der Waals surface area contributed by atoms with Gasteiger partial charge in [-0.2, -0.15) is 0 Å². The van der Waals surface area contributed by atoms with E-state index in [4.69, 9.17) is 10.8 Å². The number of nitrogens with two attached hydrogens (primary N) is 1. The lowest BCUT2D eigenvalue weighted by molar-refractivity contribution is -0.139. The minimum absolute atomic E-state index is 0.0698. The summed E-state index contributed by atoms with van der Waals surface area (Å²) in [5.74, 6) is -1.76. The molecule has 0 saturated heterocycles. The molecule has 112 valence electrons. The fourth-order valence-electron chi connectivity index (χ4n) is 1.97. The van der Waals surface area contributed by atoms with Gasteiger partial charge in [0.15, 0.2) is 0 Å². The largest absolute Gasteiger partial charge is 0.480 e. The Morgan fingerprint density at radius 1 is 1.29 bits per heavy atom. The average Bonchev–Trinajstić information content (AvgIpc) is 2.68. The van der Waals surface area contributed by atoms with Crippen molar-refractivity contribution in [3.05, 3.63) is 35.4 Å². The second-order valence-electron chi connectivity index (χ2n) is 5.28. The highest BCUT2D eigenvalue weighted by Crippen LogP contribution is 2.31. The van der Waals surface area contributed by atoms with E-state index < -0.39 is 16.8 Å². The van der Waals surface area contributed by atoms with Crippen LogP contribution in [0.15, 0.2) is 24.3 Å². The average molecular weight is 308 g/mol. The maximum atomic E-state index is 12.2. The molecular weight excluding hydrogens is 292 g/mol. The van der Waals surface area contributed by atoms with Crippen LogP contribution in [0, 0.1) is 0 Å². The van der Waals surface area contributed by atoms with E-state index in [1.165, 1.54) is 11.8 Å². The monoisotopic (exact) mass is 308 g/mol. The van der Waals surface area contributed by atoms with E-state index in [-0.39, 0.29) is 17.7 Å². The normalized spacial score (nSPS) is 16.0. The molecule has 0 radical (unpaired) electrons. The Labute approximate surface area is 126 Å². The summed E-state index contributed by atoms with van der Waals surface area (Å²) in [6.07, 6.45) is 0. The molecule has 0 spiro atoms. The first-order chi connectivity index (χ1) is 9.75. The van der Waals surface area contributed by atoms with Gasteiger partial charge < -0.3 is 10.8 Å². The van der Waals surface area contributed by atoms with Crippen molar-refractivity contribution in [3.8, 4) is 0 Å². The summed E-state index contributed by atoms with van der Waals surface area (Å²) in [7, 11) is 0. The quantitative estimate of drug-likeness (QED) is 0.792. The third kappa shape index (κ3) is 2.79. The van der Waals surface area contributed by atoms with Crippen molar-refractivity contribution in [2.45, 2.75) is 24.6 Å². The predicted octanol–water partition coefficient (Wildman–Crippen LogP) is 1.16. The standard InChI is InChI=1S/C14H16N2O4S/c1-14(2,10(15)13(19)20)21-7-16-11(17)8-5-3-4-6-9(8)12(16)18/h3-6,10H,7,15H2,1-2H3,(H,19,20)/t10-/m0/s1. The molecule has 7 heteroatoms. The number of rotatable bonds is 5. The molecule has 0 unspecified atom stereocenters. The van der Waals surface area contributed by atoms with E-state index in [2.05, 4.69) is 0 Å². The summed E-state index contributed by atoms with van der Waals surface area (Å²) in [5, 5.41) is 8.97. The first kappa shape index (κ1) is 15.5. The lowest BCUT2D eigenvalue weighted by Gasteiger charge is -2.29. The van der Waals surface area contributed by atoms with E-state index >= 15 is 0 Å². The molecule has 0 aliphatic carbocycles. The van der Waals surface area contributed by atoms with Gasteiger partial charge in [-0.05, 0) is 26.0 Å². The van der Waals surface area contributed by atoms with Gasteiger partial charge in [-0.3, -0.25) is 19.3 Å². The first-order valence-electron chi connectivity index (χ1n) is 6.33. The van der Waals surface area contributed by atoms with Crippen molar-refractivity contribution in [1.82, 2.24) is 4.90 Å². The number of imide groups is 1. The fraction of sp³-hybridized carbons (Fsp3) is 0.357. The minimum Gasteiger partial charge on any atom is -0.480 e. The van der Waals surface area contributed by atoms with Crippen LogP contribution in [0.2, 0.25) is 0 Å². The van der Waals surface area contributed by atoms with E-state index in [9.17, 15) is 14.4 Å². The van der Waals surface area contributed by atoms with Crippen molar-refractivity contribution in [2.24, 2.45) is 5.73 Å². The zero-order chi connectivity index (χ0) is 15.8. The minimum atomic E-state index is -1.12. The molecule has 1 aromatic carbocycles. The molecule has 1 aliphatic heterocycles. The Bertz CT molecular complexity index is 580. The number of carboxylic acids is 1. The second kappa shape index (κ2) is 5.50. The summed E-state index contributed by atoms with van der Waals surface area (Å²) in [5.41, 5.74) is 6.38. The van der Waals surface area contributed by atoms with Crippen LogP contribution in [0.4, 0.5) is 0 Å². The molecule has 0 saturated carbocycles. The molecule has 2 rings (SSSR count). The highest BCUT2D eigenvalue weighted by Gasteiger charge is 2.38. The summed E-state index contributed by atoms with van der Waals surface area (Å²) in [6, 6.07) is 5.52. The molecule has 6 nitrogen and oxygen atoms in total. The van der Waals surface area contributed by atoms with E-state index in [1.807, 2.05) is 0 Å². The summed E-state index contributed by atoms with van der Waals surface area (Å²) in [4.78, 5) is 36.4. The van der Waals surface area contributed by atoms with Crippen LogP contribution >= 0.6 is 11.8 Å². The van der Waals surface area contributed by atoms with E-state index in [1.54, 1.807) is 38.1 Å². The molecule has 2 amide bonds. The van der Waals surface area contributed by atoms with Crippen molar-refractivity contribution in [1.29, 1.82) is 0 Å². The highest BCUT2D eigenvalue weighted by molar-refractivity contribution is 8.00. The molecule has 0 fully saturated rings. The number of carboxylic acid groups (broad SMARTS) is 1. The van der Waals surface area contributed by atoms with Gasteiger partial charge in [-0.25, -0.2) is 0 Å². The lowest BCUT2D eigenvalue weighted by atomic mass is 10.1. The van der Waals surface area contributed by atoms with Gasteiger partial charge in [-0.1, -0.05) is 12.1 Å². The number of carbonyl (C=O) groups excluding carboxylic acids is 2. The van der Waals surface area contributed by atoms with Gasteiger partial charge in [-0.15, -0.1) is 11.8 Å². The van der Waals surface area contributed by atoms with Gasteiger partial charge in [0, 0.05) is 4.75 Å². The Kier molecular flexibility index (Phi) is 4.06. The summed E-state index contributed by atoms with van der Waals surface area (Å²) < 4.78 is -0.804. The maximum Gasteiger partial charge on any atom is 0.321 e. The van der Waals surface area contributed by atoms with Gasteiger partial charge >= 0.3 is 5.97 Å². The third-order valence-electron chi connectivity index (χ3n) is 3.46. The first-order valence-corrected chi connectivity index (χ1v) is 7.32. The fourth-order valence-corrected chi connectivity index (χ4v) is 2.95. The third-order valence-corrected chi connectivity index (χ3v) is 4.84. The number of benzene rings is 1. The van der Waals surface area contributed by atoms with Crippen LogP contribution in [-0.4, -0.2) is 44.5 Å². The molecule has 1 aliphatic rings. The van der Waals surface area contributed by atoms with Crippen LogP contribution in [0.1, 0.15) is 34.6 Å². The number of thioether (sulfide) groups is 1. The molecular formula is C14H16N2O4S. The highest BCUT2D eigenvalue weighted by atomic mass is 32.2. The molecule has 21 heavy (non-hydrogen) atoms. The van der Waals surface area contributed by atoms with Crippen molar-refractivity contribution in [2.75, 3.05) is 5.88 Å². The Hall–Kier alpha value is -1.86. The van der Waals surface area contributed by atoms with Crippen LogP contribution in [0.25, 0.3) is 0 Å². The number of amides is 2.